The smallest absolute Gasteiger partial charge is 0.177 e. The van der Waals surface area contributed by atoms with E-state index in [1.54, 1.807) is 6.07 Å². The lowest BCUT2D eigenvalue weighted by Crippen LogP contribution is -2.29. The first-order valence-corrected chi connectivity index (χ1v) is 6.22. The van der Waals surface area contributed by atoms with Crippen LogP contribution in [0.2, 0.25) is 0 Å². The Kier molecular flexibility index (Phi) is 3.82. The molecule has 1 aromatic heterocycles. The van der Waals surface area contributed by atoms with E-state index in [4.69, 9.17) is 0 Å². The van der Waals surface area contributed by atoms with E-state index in [-0.39, 0.29) is 23.6 Å². The van der Waals surface area contributed by atoms with Gasteiger partial charge in [0.25, 0.3) is 0 Å². The molecule has 0 amide bonds. The van der Waals surface area contributed by atoms with Gasteiger partial charge >= 0.3 is 0 Å². The molecule has 1 unspecified atom stereocenters. The maximum Gasteiger partial charge on any atom is 0.177 e. The van der Waals surface area contributed by atoms with Crippen LogP contribution in [-0.2, 0) is 6.42 Å². The molecule has 1 aliphatic rings. The molecule has 0 saturated carbocycles. The van der Waals surface area contributed by atoms with Gasteiger partial charge in [-0.05, 0) is 23.6 Å². The van der Waals surface area contributed by atoms with Crippen LogP contribution in [0.3, 0.4) is 0 Å². The molecule has 90 valence electrons. The third kappa shape index (κ3) is 2.37. The van der Waals surface area contributed by atoms with Crippen LogP contribution in [0.15, 0.2) is 36.4 Å². The fraction of sp³-hybridized carbons (Fsp3) is 0.231. The van der Waals surface area contributed by atoms with Gasteiger partial charge in [0, 0.05) is 11.4 Å². The normalized spacial score (nSPS) is 18.3. The van der Waals surface area contributed by atoms with Gasteiger partial charge in [0.15, 0.2) is 5.13 Å². The fourth-order valence-electron chi connectivity index (χ4n) is 2.23. The van der Waals surface area contributed by atoms with Gasteiger partial charge in [0.1, 0.15) is 0 Å². The van der Waals surface area contributed by atoms with Crippen LogP contribution in [0, 0.1) is 5.13 Å². The first-order chi connectivity index (χ1) is 7.84. The predicted octanol–water partition coefficient (Wildman–Crippen LogP) is 3.54. The first kappa shape index (κ1) is 12.6. The molecular formula is C13H13ClFNS. The van der Waals surface area contributed by atoms with Crippen molar-refractivity contribution >= 4 is 23.7 Å². The Morgan fingerprint density at radius 2 is 2.00 bits per heavy atom. The number of benzene rings is 1. The molecule has 0 radical (unpaired) electrons. The average Bonchev–Trinajstić information content (AvgIpc) is 2.70. The summed E-state index contributed by atoms with van der Waals surface area (Å²) in [6.45, 7) is 0.923. The topological polar surface area (TPSA) is 12.0 Å². The van der Waals surface area contributed by atoms with E-state index in [1.807, 2.05) is 18.2 Å². The van der Waals surface area contributed by atoms with Crippen molar-refractivity contribution in [3.05, 3.63) is 57.5 Å². The number of rotatable bonds is 1. The van der Waals surface area contributed by atoms with Crippen molar-refractivity contribution in [1.29, 1.82) is 0 Å². The molecule has 1 atom stereocenters. The van der Waals surface area contributed by atoms with Gasteiger partial charge < -0.3 is 5.32 Å². The number of hydrogen-bond donors (Lipinski definition) is 1. The van der Waals surface area contributed by atoms with Crippen molar-refractivity contribution in [2.45, 2.75) is 12.5 Å². The second-order valence-electron chi connectivity index (χ2n) is 3.98. The van der Waals surface area contributed by atoms with Crippen molar-refractivity contribution in [3.8, 4) is 0 Å². The van der Waals surface area contributed by atoms with Gasteiger partial charge in [-0.2, -0.15) is 4.39 Å². The van der Waals surface area contributed by atoms with Crippen molar-refractivity contribution in [3.63, 3.8) is 0 Å². The maximum absolute atomic E-state index is 13.3. The molecule has 2 heterocycles. The van der Waals surface area contributed by atoms with Gasteiger partial charge in [-0.25, -0.2) is 0 Å². The SMILES string of the molecule is Cl.Fc1cc2c(s1)CCNC2c1ccccc1. The Morgan fingerprint density at radius 3 is 2.76 bits per heavy atom. The van der Waals surface area contributed by atoms with E-state index < -0.39 is 0 Å². The Hall–Kier alpha value is -0.900. The van der Waals surface area contributed by atoms with Crippen molar-refractivity contribution in [2.24, 2.45) is 0 Å². The molecule has 0 saturated heterocycles. The highest BCUT2D eigenvalue weighted by Crippen LogP contribution is 2.33. The monoisotopic (exact) mass is 269 g/mol. The average molecular weight is 270 g/mol. The number of fused-ring (bicyclic) bond motifs is 1. The van der Waals surface area contributed by atoms with E-state index in [2.05, 4.69) is 17.4 Å². The lowest BCUT2D eigenvalue weighted by atomic mass is 9.95. The molecule has 17 heavy (non-hydrogen) atoms. The van der Waals surface area contributed by atoms with E-state index in [0.29, 0.717) is 0 Å². The first-order valence-electron chi connectivity index (χ1n) is 5.41. The van der Waals surface area contributed by atoms with Gasteiger partial charge in [-0.3, -0.25) is 0 Å². The largest absolute Gasteiger partial charge is 0.306 e. The van der Waals surface area contributed by atoms with Gasteiger partial charge in [0.2, 0.25) is 0 Å². The summed E-state index contributed by atoms with van der Waals surface area (Å²) in [7, 11) is 0. The van der Waals surface area contributed by atoms with Crippen molar-refractivity contribution in [1.82, 2.24) is 5.32 Å². The highest BCUT2D eigenvalue weighted by atomic mass is 35.5. The zero-order chi connectivity index (χ0) is 11.0. The van der Waals surface area contributed by atoms with E-state index >= 15 is 0 Å². The van der Waals surface area contributed by atoms with E-state index in [1.165, 1.54) is 21.8 Å². The third-order valence-electron chi connectivity index (χ3n) is 2.96. The summed E-state index contributed by atoms with van der Waals surface area (Å²) in [5, 5.41) is 3.37. The fourth-order valence-corrected chi connectivity index (χ4v) is 3.15. The van der Waals surface area contributed by atoms with Gasteiger partial charge in [-0.15, -0.1) is 23.7 Å². The van der Waals surface area contributed by atoms with E-state index in [0.717, 1.165) is 18.5 Å². The highest BCUT2D eigenvalue weighted by Gasteiger charge is 2.23. The van der Waals surface area contributed by atoms with E-state index in [9.17, 15) is 4.39 Å². The molecule has 1 aliphatic heterocycles. The lowest BCUT2D eigenvalue weighted by molar-refractivity contribution is 0.572. The molecule has 1 aromatic carbocycles. The molecule has 2 aromatic rings. The lowest BCUT2D eigenvalue weighted by Gasteiger charge is -2.24. The summed E-state index contributed by atoms with van der Waals surface area (Å²) in [4.78, 5) is 1.19. The van der Waals surface area contributed by atoms with Crippen molar-refractivity contribution < 1.29 is 4.39 Å². The Bertz CT molecular complexity index is 497. The van der Waals surface area contributed by atoms with Crippen LogP contribution >= 0.6 is 23.7 Å². The summed E-state index contributed by atoms with van der Waals surface area (Å²) < 4.78 is 13.3. The third-order valence-corrected chi connectivity index (χ3v) is 3.96. The van der Waals surface area contributed by atoms with Crippen molar-refractivity contribution in [2.75, 3.05) is 6.54 Å². The van der Waals surface area contributed by atoms with Gasteiger partial charge in [0.05, 0.1) is 6.04 Å². The van der Waals surface area contributed by atoms with Crippen LogP contribution in [-0.4, -0.2) is 6.54 Å². The molecular weight excluding hydrogens is 257 g/mol. The summed E-state index contributed by atoms with van der Waals surface area (Å²) in [5.41, 5.74) is 2.32. The molecule has 4 heteroatoms. The standard InChI is InChI=1S/C13H12FNS.ClH/c14-12-8-10-11(16-12)6-7-15-13(10)9-4-2-1-3-5-9;/h1-5,8,13,15H,6-7H2;1H. The number of nitrogens with one attached hydrogen (secondary N) is 1. The predicted molar refractivity (Wildman–Crippen MR) is 71.5 cm³/mol. The Morgan fingerprint density at radius 1 is 1.24 bits per heavy atom. The number of thiophene rings is 1. The molecule has 0 aliphatic carbocycles. The molecule has 0 fully saturated rings. The van der Waals surface area contributed by atoms with Crippen LogP contribution in [0.1, 0.15) is 22.0 Å². The summed E-state index contributed by atoms with van der Waals surface area (Å²) >= 11 is 1.28. The van der Waals surface area contributed by atoms with Gasteiger partial charge in [-0.1, -0.05) is 30.3 Å². The minimum absolute atomic E-state index is 0. The molecule has 0 spiro atoms. The highest BCUT2D eigenvalue weighted by molar-refractivity contribution is 7.10. The minimum atomic E-state index is -0.0744. The summed E-state index contributed by atoms with van der Waals surface area (Å²) in [5.74, 6) is 0. The maximum atomic E-state index is 13.3. The second-order valence-corrected chi connectivity index (χ2v) is 5.06. The Balaban J connectivity index is 0.00000108. The molecule has 3 rings (SSSR count). The van der Waals surface area contributed by atoms with Crippen LogP contribution in [0.4, 0.5) is 4.39 Å². The number of halogens is 2. The van der Waals surface area contributed by atoms with Crippen LogP contribution in [0.25, 0.3) is 0 Å². The summed E-state index contributed by atoms with van der Waals surface area (Å²) in [6.07, 6.45) is 0.938. The quantitative estimate of drug-likeness (QED) is 0.835. The Labute approximate surface area is 110 Å². The van der Waals surface area contributed by atoms with Crippen LogP contribution < -0.4 is 5.32 Å². The minimum Gasteiger partial charge on any atom is -0.306 e. The summed E-state index contributed by atoms with van der Waals surface area (Å²) in [6, 6.07) is 12.0. The zero-order valence-corrected chi connectivity index (χ0v) is 10.8. The van der Waals surface area contributed by atoms with Crippen LogP contribution in [0.5, 0.6) is 0 Å². The second kappa shape index (κ2) is 5.17. The molecule has 1 nitrogen and oxygen atoms in total. The molecule has 0 bridgehead atoms. The zero-order valence-electron chi connectivity index (χ0n) is 9.15. The molecule has 1 N–H and O–H groups in total. The number of hydrogen-bond acceptors (Lipinski definition) is 2.